The summed E-state index contributed by atoms with van der Waals surface area (Å²) in [4.78, 5) is 12.5. The van der Waals surface area contributed by atoms with Crippen molar-refractivity contribution in [1.82, 2.24) is 14.6 Å². The van der Waals surface area contributed by atoms with Crippen LogP contribution in [0.4, 0.5) is 0 Å². The first-order valence-corrected chi connectivity index (χ1v) is 8.86. The second-order valence-electron chi connectivity index (χ2n) is 5.71. The van der Waals surface area contributed by atoms with E-state index >= 15 is 0 Å². The number of hydrogen-bond donors (Lipinski definition) is 2. The lowest BCUT2D eigenvalue weighted by molar-refractivity contribution is 0.0942. The highest BCUT2D eigenvalue weighted by Crippen LogP contribution is 2.40. The fourth-order valence-corrected chi connectivity index (χ4v) is 3.49. The van der Waals surface area contributed by atoms with Crippen LogP contribution in [0.3, 0.4) is 0 Å². The molecule has 0 saturated heterocycles. The lowest BCUT2D eigenvalue weighted by Crippen LogP contribution is -2.28. The van der Waals surface area contributed by atoms with Gasteiger partial charge in [0.05, 0.1) is 0 Å². The molecule has 1 fully saturated rings. The highest BCUT2D eigenvalue weighted by molar-refractivity contribution is 7.89. The first kappa shape index (κ1) is 15.8. The molecule has 1 aliphatic rings. The summed E-state index contributed by atoms with van der Waals surface area (Å²) in [6, 6.07) is 11.5. The number of benzene rings is 1. The highest BCUT2D eigenvalue weighted by Gasteiger charge is 2.39. The number of rotatable bonds is 5. The van der Waals surface area contributed by atoms with Crippen molar-refractivity contribution in [2.45, 2.75) is 23.3 Å². The molecule has 0 spiro atoms. The van der Waals surface area contributed by atoms with Gasteiger partial charge in [-0.15, -0.1) is 0 Å². The number of carbonyl (C=O) groups excluding carboxylic acids is 1. The smallest absolute Gasteiger partial charge is 0.268 e. The Bertz CT molecular complexity index is 828. The Balaban J connectivity index is 1.71. The fourth-order valence-electron chi connectivity index (χ4n) is 2.69. The molecule has 7 heteroatoms. The lowest BCUT2D eigenvalue weighted by atomic mass is 10.1. The summed E-state index contributed by atoms with van der Waals surface area (Å²) in [5.41, 5.74) is 1.54. The molecular weight excluding hydrogens is 314 g/mol. The second-order valence-corrected chi connectivity index (χ2v) is 7.60. The third-order valence-electron chi connectivity index (χ3n) is 4.13. The van der Waals surface area contributed by atoms with Gasteiger partial charge in [0.25, 0.3) is 5.91 Å². The highest BCUT2D eigenvalue weighted by atomic mass is 32.2. The summed E-state index contributed by atoms with van der Waals surface area (Å²) < 4.78 is 27.4. The first-order valence-electron chi connectivity index (χ1n) is 7.38. The molecule has 2 aromatic rings. The third-order valence-corrected chi connectivity index (χ3v) is 5.51. The van der Waals surface area contributed by atoms with Crippen molar-refractivity contribution in [1.29, 1.82) is 0 Å². The zero-order valence-corrected chi connectivity index (χ0v) is 13.8. The van der Waals surface area contributed by atoms with Crippen molar-refractivity contribution in [3.63, 3.8) is 0 Å². The van der Waals surface area contributed by atoms with Crippen LogP contribution in [0, 0.1) is 0 Å². The number of amides is 1. The van der Waals surface area contributed by atoms with Crippen molar-refractivity contribution in [2.75, 3.05) is 7.05 Å². The van der Waals surface area contributed by atoms with Crippen LogP contribution in [0.15, 0.2) is 47.5 Å². The van der Waals surface area contributed by atoms with Crippen molar-refractivity contribution in [3.05, 3.63) is 53.9 Å². The summed E-state index contributed by atoms with van der Waals surface area (Å²) in [5.74, 6) is 0.0782. The van der Waals surface area contributed by atoms with E-state index < -0.39 is 10.0 Å². The average molecular weight is 333 g/mol. The summed E-state index contributed by atoms with van der Waals surface area (Å²) in [6.07, 6.45) is 2.34. The largest absolute Gasteiger partial charge is 0.347 e. The SMILES string of the molecule is CNS(=O)(=O)c1cc(C(=O)N[C@H]2C[C@@H]2c2ccccc2)n(C)c1. The minimum atomic E-state index is -3.55. The number of nitrogens with zero attached hydrogens (tertiary/aromatic N) is 1. The fraction of sp³-hybridized carbons (Fsp3) is 0.312. The molecule has 2 N–H and O–H groups in total. The Morgan fingerprint density at radius 2 is 1.96 bits per heavy atom. The first-order chi connectivity index (χ1) is 10.9. The molecule has 122 valence electrons. The summed E-state index contributed by atoms with van der Waals surface area (Å²) in [6.45, 7) is 0. The Labute approximate surface area is 135 Å². The van der Waals surface area contributed by atoms with E-state index in [1.54, 1.807) is 7.05 Å². The number of aromatic nitrogens is 1. The van der Waals surface area contributed by atoms with Gasteiger partial charge in [-0.25, -0.2) is 13.1 Å². The van der Waals surface area contributed by atoms with Crippen LogP contribution in [0.1, 0.15) is 28.4 Å². The van der Waals surface area contributed by atoms with Crippen LogP contribution in [0.25, 0.3) is 0 Å². The summed E-state index contributed by atoms with van der Waals surface area (Å²) in [5, 5.41) is 2.97. The number of hydrogen-bond acceptors (Lipinski definition) is 3. The number of carbonyl (C=O) groups is 1. The summed E-state index contributed by atoms with van der Waals surface area (Å²) >= 11 is 0. The molecule has 2 atom stereocenters. The Hall–Kier alpha value is -2.12. The molecule has 1 aromatic carbocycles. The van der Waals surface area contributed by atoms with E-state index in [0.717, 1.165) is 6.42 Å². The zero-order chi connectivity index (χ0) is 16.6. The van der Waals surface area contributed by atoms with Crippen molar-refractivity contribution in [2.24, 2.45) is 7.05 Å². The van der Waals surface area contributed by atoms with Gasteiger partial charge in [-0.3, -0.25) is 4.79 Å². The molecule has 3 rings (SSSR count). The van der Waals surface area contributed by atoms with Gasteiger partial charge in [-0.2, -0.15) is 0 Å². The Morgan fingerprint density at radius 1 is 1.26 bits per heavy atom. The summed E-state index contributed by atoms with van der Waals surface area (Å²) in [7, 11) is -0.549. The van der Waals surface area contributed by atoms with Crippen LogP contribution < -0.4 is 10.0 Å². The maximum atomic E-state index is 12.4. The van der Waals surface area contributed by atoms with Gasteiger partial charge < -0.3 is 9.88 Å². The topological polar surface area (TPSA) is 80.2 Å². The molecule has 0 aliphatic heterocycles. The van der Waals surface area contributed by atoms with Crippen LogP contribution in [-0.2, 0) is 17.1 Å². The molecule has 1 heterocycles. The van der Waals surface area contributed by atoms with Crippen molar-refractivity contribution in [3.8, 4) is 0 Å². The van der Waals surface area contributed by atoms with E-state index in [-0.39, 0.29) is 16.8 Å². The standard InChI is InChI=1S/C16H19N3O3S/c1-17-23(21,22)12-8-15(19(2)10-12)16(20)18-14-9-13(14)11-6-4-3-5-7-11/h3-8,10,13-14,17H,9H2,1-2H3,(H,18,20)/t13-,14+/m1/s1. The maximum Gasteiger partial charge on any atom is 0.268 e. The van der Waals surface area contributed by atoms with Crippen molar-refractivity contribution >= 4 is 15.9 Å². The second kappa shape index (κ2) is 5.82. The molecule has 1 aromatic heterocycles. The van der Waals surface area contributed by atoms with Gasteiger partial charge in [0.1, 0.15) is 10.6 Å². The van der Waals surface area contributed by atoms with Gasteiger partial charge in [0.15, 0.2) is 0 Å². The van der Waals surface area contributed by atoms with Gasteiger partial charge in [0, 0.05) is 25.2 Å². The van der Waals surface area contributed by atoms with E-state index in [9.17, 15) is 13.2 Å². The van der Waals surface area contributed by atoms with Crippen LogP contribution in [0.2, 0.25) is 0 Å². The molecule has 6 nitrogen and oxygen atoms in total. The van der Waals surface area contributed by atoms with Gasteiger partial charge in [0.2, 0.25) is 10.0 Å². The predicted molar refractivity (Wildman–Crippen MR) is 86.7 cm³/mol. The van der Waals surface area contributed by atoms with Crippen LogP contribution >= 0.6 is 0 Å². The molecule has 0 bridgehead atoms. The zero-order valence-electron chi connectivity index (χ0n) is 13.0. The van der Waals surface area contributed by atoms with E-state index in [1.807, 2.05) is 18.2 Å². The van der Waals surface area contributed by atoms with Gasteiger partial charge in [-0.1, -0.05) is 30.3 Å². The normalized spacial score (nSPS) is 20.3. The Morgan fingerprint density at radius 3 is 2.61 bits per heavy atom. The van der Waals surface area contributed by atoms with E-state index in [1.165, 1.54) is 29.4 Å². The van der Waals surface area contributed by atoms with E-state index in [2.05, 4.69) is 22.2 Å². The Kier molecular flexibility index (Phi) is 3.99. The minimum Gasteiger partial charge on any atom is -0.347 e. The van der Waals surface area contributed by atoms with E-state index in [4.69, 9.17) is 0 Å². The van der Waals surface area contributed by atoms with Gasteiger partial charge in [-0.05, 0) is 25.1 Å². The quantitative estimate of drug-likeness (QED) is 0.863. The molecule has 1 saturated carbocycles. The monoisotopic (exact) mass is 333 g/mol. The maximum absolute atomic E-state index is 12.4. The molecule has 0 radical (unpaired) electrons. The molecule has 23 heavy (non-hydrogen) atoms. The molecule has 1 amide bonds. The average Bonchev–Trinajstić information content (AvgIpc) is 3.19. The van der Waals surface area contributed by atoms with Crippen molar-refractivity contribution < 1.29 is 13.2 Å². The van der Waals surface area contributed by atoms with Gasteiger partial charge >= 0.3 is 0 Å². The minimum absolute atomic E-state index is 0.0862. The number of sulfonamides is 1. The number of aryl methyl sites for hydroxylation is 1. The third kappa shape index (κ3) is 3.16. The van der Waals surface area contributed by atoms with E-state index in [0.29, 0.717) is 11.6 Å². The lowest BCUT2D eigenvalue weighted by Gasteiger charge is -2.05. The predicted octanol–water partition coefficient (Wildman–Crippen LogP) is 1.22. The molecular formula is C16H19N3O3S. The van der Waals surface area contributed by atoms with Crippen LogP contribution in [-0.4, -0.2) is 32.0 Å². The molecule has 0 unspecified atom stereocenters. The van der Waals surface area contributed by atoms with Crippen LogP contribution in [0.5, 0.6) is 0 Å². The molecule has 1 aliphatic carbocycles. The number of nitrogens with one attached hydrogen (secondary N) is 2.